The van der Waals surface area contributed by atoms with Crippen molar-refractivity contribution < 1.29 is 4.57 Å². The first-order chi connectivity index (χ1) is 15.8. The van der Waals surface area contributed by atoms with Crippen molar-refractivity contribution in [2.24, 2.45) is 0 Å². The Bertz CT molecular complexity index is 673. The molecule has 0 atom stereocenters. The molecule has 2 nitrogen and oxygen atoms in total. The van der Waals surface area contributed by atoms with Crippen molar-refractivity contribution in [2.75, 3.05) is 0 Å². The number of unbranched alkanes of at least 4 members (excludes halogenated alkanes) is 12. The first-order valence-electron chi connectivity index (χ1n) is 14.0. The molecular weight excluding hydrogens is 388 g/mol. The minimum atomic E-state index is 1.13. The van der Waals surface area contributed by atoms with Crippen LogP contribution in [-0.4, -0.2) is 4.57 Å². The van der Waals surface area contributed by atoms with Gasteiger partial charge in [0.05, 0.1) is 13.1 Å². The predicted molar refractivity (Wildman–Crippen MR) is 139 cm³/mol. The zero-order valence-corrected chi connectivity index (χ0v) is 21.4. The van der Waals surface area contributed by atoms with Gasteiger partial charge in [-0.3, -0.25) is 0 Å². The molecule has 1 aromatic carbocycles. The summed E-state index contributed by atoms with van der Waals surface area (Å²) >= 11 is 0. The molecule has 0 saturated carbocycles. The Morgan fingerprint density at radius 3 is 1.81 bits per heavy atom. The summed E-state index contributed by atoms with van der Waals surface area (Å²) in [7, 11) is 0. The maximum atomic E-state index is 2.53. The molecule has 0 aliphatic heterocycles. The Labute approximate surface area is 199 Å². The molecule has 2 heteroatoms. The van der Waals surface area contributed by atoms with Crippen LogP contribution in [0.2, 0.25) is 0 Å². The van der Waals surface area contributed by atoms with E-state index in [1.807, 2.05) is 0 Å². The molecule has 0 radical (unpaired) electrons. The molecule has 1 heterocycles. The van der Waals surface area contributed by atoms with E-state index in [0.29, 0.717) is 0 Å². The maximum Gasteiger partial charge on any atom is 0.256 e. The van der Waals surface area contributed by atoms with Crippen molar-refractivity contribution in [1.29, 1.82) is 0 Å². The van der Waals surface area contributed by atoms with E-state index in [1.165, 1.54) is 127 Å². The Morgan fingerprint density at radius 2 is 1.22 bits per heavy atom. The second-order valence-corrected chi connectivity index (χ2v) is 9.68. The van der Waals surface area contributed by atoms with Gasteiger partial charge in [-0.2, -0.15) is 0 Å². The smallest absolute Gasteiger partial charge is 0.234 e. The second-order valence-electron chi connectivity index (χ2n) is 9.68. The summed E-state index contributed by atoms with van der Waals surface area (Å²) in [5.74, 6) is 1.53. The lowest BCUT2D eigenvalue weighted by atomic mass is 10.0. The number of aromatic nitrogens is 2. The predicted octanol–water partition coefficient (Wildman–Crippen LogP) is 8.45. The van der Waals surface area contributed by atoms with Crippen LogP contribution in [-0.2, 0) is 25.9 Å². The van der Waals surface area contributed by atoms with E-state index in [2.05, 4.69) is 65.7 Å². The van der Waals surface area contributed by atoms with Crippen LogP contribution in [0.4, 0.5) is 0 Å². The molecule has 0 N–H and O–H groups in total. The van der Waals surface area contributed by atoms with Crippen LogP contribution >= 0.6 is 0 Å². The Balaban J connectivity index is 1.55. The number of hydrogen-bond acceptors (Lipinski definition) is 0. The molecule has 2 rings (SSSR count). The van der Waals surface area contributed by atoms with Crippen molar-refractivity contribution >= 4 is 0 Å². The summed E-state index contributed by atoms with van der Waals surface area (Å²) in [6.45, 7) is 6.93. The van der Waals surface area contributed by atoms with Gasteiger partial charge in [0.15, 0.2) is 0 Å². The number of rotatable bonds is 20. The summed E-state index contributed by atoms with van der Waals surface area (Å²) < 4.78 is 5.04. The third-order valence-electron chi connectivity index (χ3n) is 6.77. The zero-order chi connectivity index (χ0) is 22.7. The van der Waals surface area contributed by atoms with E-state index < -0.39 is 0 Å². The van der Waals surface area contributed by atoms with Gasteiger partial charge in [0, 0.05) is 6.42 Å². The van der Waals surface area contributed by atoms with Crippen LogP contribution in [0, 0.1) is 0 Å². The van der Waals surface area contributed by atoms with Crippen LogP contribution in [0.3, 0.4) is 0 Å². The fourth-order valence-electron chi connectivity index (χ4n) is 4.81. The molecule has 0 fully saturated rings. The van der Waals surface area contributed by atoms with Crippen LogP contribution in [0.25, 0.3) is 0 Å². The van der Waals surface area contributed by atoms with E-state index >= 15 is 0 Å². The first kappa shape index (κ1) is 26.7. The molecule has 180 valence electrons. The van der Waals surface area contributed by atoms with E-state index in [-0.39, 0.29) is 0 Å². The summed E-state index contributed by atoms with van der Waals surface area (Å²) in [5.41, 5.74) is 1.46. The van der Waals surface area contributed by atoms with Crippen LogP contribution in [0.15, 0.2) is 42.7 Å². The van der Waals surface area contributed by atoms with E-state index in [9.17, 15) is 0 Å². The monoisotopic (exact) mass is 439 g/mol. The first-order valence-corrected chi connectivity index (χ1v) is 14.0. The van der Waals surface area contributed by atoms with Gasteiger partial charge < -0.3 is 0 Å². The van der Waals surface area contributed by atoms with E-state index in [4.69, 9.17) is 0 Å². The zero-order valence-electron chi connectivity index (χ0n) is 21.4. The second kappa shape index (κ2) is 17.9. The maximum absolute atomic E-state index is 2.53. The van der Waals surface area contributed by atoms with Gasteiger partial charge in [-0.25, -0.2) is 9.13 Å². The molecule has 0 aliphatic carbocycles. The molecule has 0 amide bonds. The van der Waals surface area contributed by atoms with E-state index in [1.54, 1.807) is 0 Å². The molecule has 1 aromatic heterocycles. The van der Waals surface area contributed by atoms with Crippen molar-refractivity contribution in [3.63, 3.8) is 0 Å². The minimum Gasteiger partial charge on any atom is -0.234 e. The van der Waals surface area contributed by atoms with Gasteiger partial charge in [0.2, 0.25) is 0 Å². The summed E-state index contributed by atoms with van der Waals surface area (Å²) in [6.07, 6.45) is 28.0. The van der Waals surface area contributed by atoms with Gasteiger partial charge in [-0.1, -0.05) is 115 Å². The highest BCUT2D eigenvalue weighted by molar-refractivity contribution is 5.14. The van der Waals surface area contributed by atoms with Crippen LogP contribution in [0.5, 0.6) is 0 Å². The van der Waals surface area contributed by atoms with Crippen molar-refractivity contribution in [1.82, 2.24) is 4.57 Å². The van der Waals surface area contributed by atoms with Gasteiger partial charge in [0.25, 0.3) is 5.82 Å². The fourth-order valence-corrected chi connectivity index (χ4v) is 4.81. The SMILES string of the molecule is CCCCCCCCCCCCCCCn1cc[n+](CCCc2ccccc2)c1CCC. The summed E-state index contributed by atoms with van der Waals surface area (Å²) in [4.78, 5) is 0. The Kier molecular flexibility index (Phi) is 14.9. The van der Waals surface area contributed by atoms with Gasteiger partial charge in [0.1, 0.15) is 12.4 Å². The minimum absolute atomic E-state index is 1.13. The lowest BCUT2D eigenvalue weighted by Gasteiger charge is -2.06. The lowest BCUT2D eigenvalue weighted by molar-refractivity contribution is -0.704. The fraction of sp³-hybridized carbons (Fsp3) is 0.700. The highest BCUT2D eigenvalue weighted by Gasteiger charge is 2.15. The van der Waals surface area contributed by atoms with Crippen molar-refractivity contribution in [3.05, 3.63) is 54.1 Å². The highest BCUT2D eigenvalue weighted by Crippen LogP contribution is 2.13. The average molecular weight is 440 g/mol. The van der Waals surface area contributed by atoms with Crippen LogP contribution in [0.1, 0.15) is 122 Å². The number of benzene rings is 1. The molecule has 2 aromatic rings. The van der Waals surface area contributed by atoms with E-state index in [0.717, 1.165) is 6.54 Å². The van der Waals surface area contributed by atoms with Gasteiger partial charge in [-0.05, 0) is 37.7 Å². The Hall–Kier alpha value is -1.57. The standard InChI is InChI=1S/C30H51N2/c1-3-5-6-7-8-9-10-11-12-13-14-15-19-25-31-27-28-32(30(31)21-4-2)26-20-24-29-22-17-16-18-23-29/h16-18,22-23,27-28H,3-15,19-21,24-26H2,1-2H3/q+1. The van der Waals surface area contributed by atoms with Crippen molar-refractivity contribution in [2.45, 2.75) is 136 Å². The Morgan fingerprint density at radius 1 is 0.625 bits per heavy atom. The number of nitrogens with zero attached hydrogens (tertiary/aromatic N) is 2. The topological polar surface area (TPSA) is 8.81 Å². The third-order valence-corrected chi connectivity index (χ3v) is 6.77. The lowest BCUT2D eigenvalue weighted by Crippen LogP contribution is -2.37. The molecule has 0 saturated heterocycles. The third kappa shape index (κ3) is 11.3. The molecule has 0 unspecified atom stereocenters. The molecule has 0 bridgehead atoms. The highest BCUT2D eigenvalue weighted by atomic mass is 15.1. The molecule has 0 spiro atoms. The molecule has 0 aliphatic rings. The quantitative estimate of drug-likeness (QED) is 0.144. The summed E-state index contributed by atoms with van der Waals surface area (Å²) in [5, 5.41) is 0. The van der Waals surface area contributed by atoms with Crippen molar-refractivity contribution in [3.8, 4) is 0 Å². The number of aryl methyl sites for hydroxylation is 3. The number of hydrogen-bond donors (Lipinski definition) is 0. The molecule has 32 heavy (non-hydrogen) atoms. The normalized spacial score (nSPS) is 11.3. The summed E-state index contributed by atoms with van der Waals surface area (Å²) in [6, 6.07) is 10.9. The van der Waals surface area contributed by atoms with Gasteiger partial charge in [-0.15, -0.1) is 0 Å². The average Bonchev–Trinajstić information content (AvgIpc) is 3.19. The van der Waals surface area contributed by atoms with Gasteiger partial charge >= 0.3 is 0 Å². The molecular formula is C30H51N2+. The van der Waals surface area contributed by atoms with Crippen LogP contribution < -0.4 is 4.57 Å². The number of imidazole rings is 1. The largest absolute Gasteiger partial charge is 0.256 e.